The van der Waals surface area contributed by atoms with Crippen molar-refractivity contribution in [2.24, 2.45) is 11.7 Å². The van der Waals surface area contributed by atoms with Crippen molar-refractivity contribution in [2.45, 2.75) is 26.7 Å². The normalized spacial score (nSPS) is 12.2. The van der Waals surface area contributed by atoms with Gasteiger partial charge in [0.2, 0.25) is 0 Å². The van der Waals surface area contributed by atoms with Crippen LogP contribution >= 0.6 is 0 Å². The molecule has 3 N–H and O–H groups in total. The Balaban J connectivity index is 3.39. The zero-order valence-electron chi connectivity index (χ0n) is 7.15. The minimum Gasteiger partial charge on any atom is -0.401 e. The van der Waals surface area contributed by atoms with Crippen LogP contribution in [0.3, 0.4) is 0 Å². The van der Waals surface area contributed by atoms with E-state index in [0.29, 0.717) is 0 Å². The number of hydrogen-bond donors (Lipinski definition) is 2. The lowest BCUT2D eigenvalue weighted by molar-refractivity contribution is 0.581. The molecule has 0 radical (unpaired) electrons. The first-order valence-electron chi connectivity index (χ1n) is 3.78. The number of allylic oxidation sites excluding steroid dienone is 1. The molecule has 2 nitrogen and oxygen atoms in total. The van der Waals surface area contributed by atoms with Crippen molar-refractivity contribution in [3.8, 4) is 0 Å². The van der Waals surface area contributed by atoms with E-state index in [2.05, 4.69) is 19.2 Å². The lowest BCUT2D eigenvalue weighted by Crippen LogP contribution is -2.05. The highest BCUT2D eigenvalue weighted by Crippen LogP contribution is 2.06. The van der Waals surface area contributed by atoms with E-state index in [-0.39, 0.29) is 0 Å². The summed E-state index contributed by atoms with van der Waals surface area (Å²) in [6.45, 7) is 4.40. The second-order valence-corrected chi connectivity index (χ2v) is 2.94. The summed E-state index contributed by atoms with van der Waals surface area (Å²) in [4.78, 5) is 0. The van der Waals surface area contributed by atoms with E-state index in [1.165, 1.54) is 6.42 Å². The highest BCUT2D eigenvalue weighted by molar-refractivity contribution is 4.93. The maximum absolute atomic E-state index is 5.63. The van der Waals surface area contributed by atoms with E-state index in [0.717, 1.165) is 18.0 Å². The lowest BCUT2D eigenvalue weighted by Gasteiger charge is -2.03. The van der Waals surface area contributed by atoms with Crippen molar-refractivity contribution in [3.05, 3.63) is 11.9 Å². The third kappa shape index (κ3) is 5.48. The van der Waals surface area contributed by atoms with Crippen molar-refractivity contribution in [1.29, 1.82) is 0 Å². The van der Waals surface area contributed by atoms with Gasteiger partial charge in [0.1, 0.15) is 0 Å². The average Bonchev–Trinajstić information content (AvgIpc) is 1.85. The second-order valence-electron chi connectivity index (χ2n) is 2.94. The van der Waals surface area contributed by atoms with Crippen LogP contribution in [0.2, 0.25) is 0 Å². The van der Waals surface area contributed by atoms with Gasteiger partial charge in [0.25, 0.3) is 0 Å². The van der Waals surface area contributed by atoms with E-state index in [1.807, 2.05) is 13.2 Å². The van der Waals surface area contributed by atoms with Crippen LogP contribution in [0.4, 0.5) is 0 Å². The summed E-state index contributed by atoms with van der Waals surface area (Å²) in [5, 5.41) is 2.90. The summed E-state index contributed by atoms with van der Waals surface area (Å²) >= 11 is 0. The van der Waals surface area contributed by atoms with Crippen LogP contribution in [0.25, 0.3) is 0 Å². The summed E-state index contributed by atoms with van der Waals surface area (Å²) in [6.07, 6.45) is 4.02. The lowest BCUT2D eigenvalue weighted by atomic mass is 10.1. The van der Waals surface area contributed by atoms with Crippen LogP contribution < -0.4 is 11.1 Å². The molecule has 10 heavy (non-hydrogen) atoms. The first-order chi connectivity index (χ1) is 4.66. The van der Waals surface area contributed by atoms with Gasteiger partial charge < -0.3 is 11.1 Å². The summed E-state index contributed by atoms with van der Waals surface area (Å²) in [7, 11) is 1.86. The fourth-order valence-corrected chi connectivity index (χ4v) is 0.713. The van der Waals surface area contributed by atoms with Gasteiger partial charge in [-0.05, 0) is 18.8 Å². The molecule has 0 aliphatic heterocycles. The molecule has 2 heteroatoms. The van der Waals surface area contributed by atoms with Gasteiger partial charge in [-0.15, -0.1) is 0 Å². The average molecular weight is 142 g/mol. The maximum Gasteiger partial charge on any atom is 0.0240 e. The van der Waals surface area contributed by atoms with Crippen molar-refractivity contribution >= 4 is 0 Å². The van der Waals surface area contributed by atoms with Crippen LogP contribution in [-0.4, -0.2) is 7.05 Å². The quantitative estimate of drug-likeness (QED) is 0.623. The molecule has 0 fully saturated rings. The number of nitrogens with two attached hydrogens (primary N) is 1. The van der Waals surface area contributed by atoms with Crippen LogP contribution in [0, 0.1) is 5.92 Å². The van der Waals surface area contributed by atoms with Crippen LogP contribution in [0.15, 0.2) is 11.9 Å². The fraction of sp³-hybridized carbons (Fsp3) is 0.750. The molecule has 0 aromatic rings. The van der Waals surface area contributed by atoms with Crippen molar-refractivity contribution in [2.75, 3.05) is 7.05 Å². The predicted molar refractivity (Wildman–Crippen MR) is 45.4 cm³/mol. The molecule has 0 amide bonds. The molecule has 0 aliphatic carbocycles. The Morgan fingerprint density at radius 1 is 1.60 bits per heavy atom. The molecule has 0 saturated carbocycles. The van der Waals surface area contributed by atoms with Crippen molar-refractivity contribution in [1.82, 2.24) is 5.32 Å². The first kappa shape index (κ1) is 9.34. The number of nitrogens with one attached hydrogen (secondary N) is 1. The monoisotopic (exact) mass is 142 g/mol. The summed E-state index contributed by atoms with van der Waals surface area (Å²) < 4.78 is 0. The van der Waals surface area contributed by atoms with Crippen molar-refractivity contribution < 1.29 is 0 Å². The summed E-state index contributed by atoms with van der Waals surface area (Å²) in [6, 6.07) is 0. The Labute approximate surface area is 63.5 Å². The molecule has 0 atom stereocenters. The molecule has 60 valence electrons. The largest absolute Gasteiger partial charge is 0.401 e. The highest BCUT2D eigenvalue weighted by atomic mass is 14.8. The summed E-state index contributed by atoms with van der Waals surface area (Å²) in [5.41, 5.74) is 6.57. The predicted octanol–water partition coefficient (Wildman–Crippen LogP) is 1.44. The third-order valence-electron chi connectivity index (χ3n) is 1.34. The summed E-state index contributed by atoms with van der Waals surface area (Å²) in [5.74, 6) is 0.740. The molecular weight excluding hydrogens is 124 g/mol. The van der Waals surface area contributed by atoms with Crippen molar-refractivity contribution in [3.63, 3.8) is 0 Å². The molecule has 0 rings (SSSR count). The topological polar surface area (TPSA) is 38.0 Å². The maximum atomic E-state index is 5.63. The Bertz CT molecular complexity index is 106. The smallest absolute Gasteiger partial charge is 0.0240 e. The minimum atomic E-state index is 0.740. The Kier molecular flexibility index (Phi) is 4.81. The van der Waals surface area contributed by atoms with Crippen LogP contribution in [-0.2, 0) is 0 Å². The molecule has 0 saturated heterocycles. The Morgan fingerprint density at radius 2 is 2.20 bits per heavy atom. The molecule has 0 aromatic heterocycles. The van der Waals surface area contributed by atoms with E-state index in [1.54, 1.807) is 0 Å². The molecule has 0 heterocycles. The minimum absolute atomic E-state index is 0.740. The Morgan fingerprint density at radius 3 is 2.60 bits per heavy atom. The standard InChI is InChI=1S/C8H18N2/c1-7(2)4-5-8(9)6-10-3/h6-7,10H,4-5,9H2,1-3H3/b8-6-. The second kappa shape index (κ2) is 5.15. The Hall–Kier alpha value is -0.660. The molecule has 0 unspecified atom stereocenters. The third-order valence-corrected chi connectivity index (χ3v) is 1.34. The van der Waals surface area contributed by atoms with Gasteiger partial charge in [-0.2, -0.15) is 0 Å². The SMILES string of the molecule is CN/C=C(\N)CCC(C)C. The first-order valence-corrected chi connectivity index (χ1v) is 3.78. The zero-order chi connectivity index (χ0) is 7.98. The van der Waals surface area contributed by atoms with E-state index < -0.39 is 0 Å². The molecule has 0 bridgehead atoms. The fourth-order valence-electron chi connectivity index (χ4n) is 0.713. The molecule has 0 aromatic carbocycles. The van der Waals surface area contributed by atoms with E-state index >= 15 is 0 Å². The van der Waals surface area contributed by atoms with Gasteiger partial charge in [0.15, 0.2) is 0 Å². The zero-order valence-corrected chi connectivity index (χ0v) is 7.15. The number of rotatable bonds is 4. The van der Waals surface area contributed by atoms with Gasteiger partial charge in [-0.3, -0.25) is 0 Å². The number of hydrogen-bond acceptors (Lipinski definition) is 2. The van der Waals surface area contributed by atoms with Crippen LogP contribution in [0.1, 0.15) is 26.7 Å². The van der Waals surface area contributed by atoms with E-state index in [9.17, 15) is 0 Å². The highest BCUT2D eigenvalue weighted by Gasteiger charge is 1.94. The van der Waals surface area contributed by atoms with Gasteiger partial charge in [-0.1, -0.05) is 13.8 Å². The van der Waals surface area contributed by atoms with Gasteiger partial charge in [-0.25, -0.2) is 0 Å². The molecular formula is C8H18N2. The molecule has 0 aliphatic rings. The van der Waals surface area contributed by atoms with Gasteiger partial charge >= 0.3 is 0 Å². The van der Waals surface area contributed by atoms with E-state index in [4.69, 9.17) is 5.73 Å². The molecule has 0 spiro atoms. The van der Waals surface area contributed by atoms with Gasteiger partial charge in [0, 0.05) is 18.9 Å². The van der Waals surface area contributed by atoms with Crippen LogP contribution in [0.5, 0.6) is 0 Å². The van der Waals surface area contributed by atoms with Gasteiger partial charge in [0.05, 0.1) is 0 Å².